The summed E-state index contributed by atoms with van der Waals surface area (Å²) < 4.78 is 5.11. The van der Waals surface area contributed by atoms with Crippen LogP contribution in [0, 0.1) is 5.92 Å². The summed E-state index contributed by atoms with van der Waals surface area (Å²) in [4.78, 5) is 16.6. The van der Waals surface area contributed by atoms with Gasteiger partial charge in [-0.15, -0.1) is 0 Å². The van der Waals surface area contributed by atoms with Gasteiger partial charge in [-0.25, -0.2) is 0 Å². The number of methoxy groups -OCH3 is 1. The normalized spacial score (nSPS) is 24.3. The molecule has 0 aromatic carbocycles. The van der Waals surface area contributed by atoms with E-state index < -0.39 is 0 Å². The smallest absolute Gasteiger partial charge is 0.239 e. The summed E-state index contributed by atoms with van der Waals surface area (Å²) in [5, 5.41) is 0. The van der Waals surface area contributed by atoms with E-state index in [9.17, 15) is 4.79 Å². The molecular formula is C14H29N3O2. The van der Waals surface area contributed by atoms with Gasteiger partial charge in [0.2, 0.25) is 5.91 Å². The van der Waals surface area contributed by atoms with Crippen molar-refractivity contribution >= 4 is 5.91 Å². The highest BCUT2D eigenvalue weighted by Gasteiger charge is 2.30. The van der Waals surface area contributed by atoms with Crippen LogP contribution in [0.2, 0.25) is 0 Å². The van der Waals surface area contributed by atoms with Crippen LogP contribution in [0.5, 0.6) is 0 Å². The molecule has 1 heterocycles. The molecule has 1 fully saturated rings. The Morgan fingerprint density at radius 2 is 2.16 bits per heavy atom. The van der Waals surface area contributed by atoms with Gasteiger partial charge in [-0.1, -0.05) is 20.3 Å². The lowest BCUT2D eigenvalue weighted by atomic mass is 9.98. The monoisotopic (exact) mass is 271 g/mol. The fourth-order valence-electron chi connectivity index (χ4n) is 2.44. The molecule has 1 saturated heterocycles. The van der Waals surface area contributed by atoms with Gasteiger partial charge in [0, 0.05) is 39.3 Å². The number of rotatable bonds is 6. The number of hydrogen-bond donors (Lipinski definition) is 1. The minimum Gasteiger partial charge on any atom is -0.383 e. The first-order valence-corrected chi connectivity index (χ1v) is 7.28. The first-order chi connectivity index (χ1) is 9.01. The van der Waals surface area contributed by atoms with Crippen molar-refractivity contribution in [1.82, 2.24) is 9.80 Å². The van der Waals surface area contributed by atoms with Crippen LogP contribution in [0.25, 0.3) is 0 Å². The van der Waals surface area contributed by atoms with Gasteiger partial charge in [-0.3, -0.25) is 9.69 Å². The summed E-state index contributed by atoms with van der Waals surface area (Å²) in [5.41, 5.74) is 6.04. The van der Waals surface area contributed by atoms with Crippen molar-refractivity contribution in [2.24, 2.45) is 11.7 Å². The number of carbonyl (C=O) groups is 1. The zero-order valence-electron chi connectivity index (χ0n) is 12.8. The van der Waals surface area contributed by atoms with Crippen molar-refractivity contribution in [3.05, 3.63) is 0 Å². The number of hydrogen-bond acceptors (Lipinski definition) is 4. The van der Waals surface area contributed by atoms with Crippen molar-refractivity contribution in [2.45, 2.75) is 39.3 Å². The molecule has 112 valence electrons. The van der Waals surface area contributed by atoms with Crippen molar-refractivity contribution in [2.75, 3.05) is 39.9 Å². The number of nitrogens with two attached hydrogens (primary N) is 1. The van der Waals surface area contributed by atoms with Gasteiger partial charge in [0.1, 0.15) is 0 Å². The zero-order valence-corrected chi connectivity index (χ0v) is 12.8. The third-order valence-electron chi connectivity index (χ3n) is 4.20. The molecule has 1 rings (SSSR count). The minimum atomic E-state index is -0.359. The quantitative estimate of drug-likeness (QED) is 0.766. The summed E-state index contributed by atoms with van der Waals surface area (Å²) in [6.45, 7) is 10.4. The second kappa shape index (κ2) is 7.82. The number of carbonyl (C=O) groups excluding carboxylic acids is 1. The Morgan fingerprint density at radius 3 is 2.68 bits per heavy atom. The number of amides is 1. The van der Waals surface area contributed by atoms with Gasteiger partial charge in [-0.2, -0.15) is 0 Å². The van der Waals surface area contributed by atoms with Gasteiger partial charge < -0.3 is 15.4 Å². The largest absolute Gasteiger partial charge is 0.383 e. The number of nitrogens with zero attached hydrogens (tertiary/aromatic N) is 2. The summed E-state index contributed by atoms with van der Waals surface area (Å²) in [5.74, 6) is 0.349. The molecule has 1 aliphatic rings. The van der Waals surface area contributed by atoms with Gasteiger partial charge >= 0.3 is 0 Å². The van der Waals surface area contributed by atoms with E-state index in [1.165, 1.54) is 0 Å². The number of ether oxygens (including phenoxy) is 1. The van der Waals surface area contributed by atoms with Crippen LogP contribution >= 0.6 is 0 Å². The topological polar surface area (TPSA) is 58.8 Å². The van der Waals surface area contributed by atoms with Crippen molar-refractivity contribution in [3.63, 3.8) is 0 Å². The second-order valence-corrected chi connectivity index (χ2v) is 5.57. The van der Waals surface area contributed by atoms with Crippen LogP contribution < -0.4 is 5.73 Å². The fraction of sp³-hybridized carbons (Fsp3) is 0.929. The molecule has 0 bridgehead atoms. The molecule has 5 nitrogen and oxygen atoms in total. The zero-order chi connectivity index (χ0) is 14.4. The Bertz CT molecular complexity index is 286. The standard InChI is InChI=1S/C14H29N3O2/c1-5-11(2)13(15)14(18)17-7-6-16(8-9-19-4)12(3)10-17/h11-13H,5-10,15H2,1-4H3. The van der Waals surface area contributed by atoms with Crippen LogP contribution in [0.15, 0.2) is 0 Å². The molecule has 0 spiro atoms. The maximum Gasteiger partial charge on any atom is 0.239 e. The molecule has 3 atom stereocenters. The lowest BCUT2D eigenvalue weighted by Gasteiger charge is -2.41. The van der Waals surface area contributed by atoms with Crippen LogP contribution in [-0.2, 0) is 9.53 Å². The Kier molecular flexibility index (Phi) is 6.75. The van der Waals surface area contributed by atoms with Crippen LogP contribution in [-0.4, -0.2) is 67.7 Å². The fourth-order valence-corrected chi connectivity index (χ4v) is 2.44. The van der Waals surface area contributed by atoms with Gasteiger partial charge in [-0.05, 0) is 12.8 Å². The average Bonchev–Trinajstić information content (AvgIpc) is 2.43. The summed E-state index contributed by atoms with van der Waals surface area (Å²) in [6, 6.07) is 0.0136. The highest BCUT2D eigenvalue weighted by Crippen LogP contribution is 2.13. The first kappa shape index (κ1) is 16.4. The van der Waals surface area contributed by atoms with Crippen molar-refractivity contribution in [3.8, 4) is 0 Å². The minimum absolute atomic E-state index is 0.104. The Hall–Kier alpha value is -0.650. The molecule has 3 unspecified atom stereocenters. The predicted molar refractivity (Wildman–Crippen MR) is 76.9 cm³/mol. The molecule has 0 aliphatic carbocycles. The Morgan fingerprint density at radius 1 is 1.47 bits per heavy atom. The van der Waals surface area contributed by atoms with Gasteiger partial charge in [0.15, 0.2) is 0 Å². The maximum atomic E-state index is 12.3. The molecule has 0 saturated carbocycles. The van der Waals surface area contributed by atoms with Crippen LogP contribution in [0.4, 0.5) is 0 Å². The van der Waals surface area contributed by atoms with E-state index in [-0.39, 0.29) is 17.9 Å². The molecule has 5 heteroatoms. The van der Waals surface area contributed by atoms with E-state index >= 15 is 0 Å². The Balaban J connectivity index is 2.48. The Labute approximate surface area is 117 Å². The summed E-state index contributed by atoms with van der Waals surface area (Å²) in [6.07, 6.45) is 0.941. The second-order valence-electron chi connectivity index (χ2n) is 5.57. The van der Waals surface area contributed by atoms with Crippen LogP contribution in [0.1, 0.15) is 27.2 Å². The highest BCUT2D eigenvalue weighted by molar-refractivity contribution is 5.82. The van der Waals surface area contributed by atoms with Gasteiger partial charge in [0.25, 0.3) is 0 Å². The lowest BCUT2D eigenvalue weighted by molar-refractivity contribution is -0.136. The predicted octanol–water partition coefficient (Wildman–Crippen LogP) is 0.539. The van der Waals surface area contributed by atoms with Crippen molar-refractivity contribution < 1.29 is 9.53 Å². The molecule has 19 heavy (non-hydrogen) atoms. The maximum absolute atomic E-state index is 12.3. The SMILES string of the molecule is CCC(C)C(N)C(=O)N1CCN(CCOC)C(C)C1. The molecule has 1 amide bonds. The molecule has 1 aliphatic heterocycles. The summed E-state index contributed by atoms with van der Waals surface area (Å²) in [7, 11) is 1.72. The van der Waals surface area contributed by atoms with E-state index in [2.05, 4.69) is 18.7 Å². The third kappa shape index (κ3) is 4.44. The van der Waals surface area contributed by atoms with E-state index in [1.807, 2.05) is 11.8 Å². The van der Waals surface area contributed by atoms with E-state index in [1.54, 1.807) is 7.11 Å². The van der Waals surface area contributed by atoms with Gasteiger partial charge in [0.05, 0.1) is 12.6 Å². The van der Waals surface area contributed by atoms with E-state index in [0.29, 0.717) is 6.04 Å². The lowest BCUT2D eigenvalue weighted by Crippen LogP contribution is -2.58. The van der Waals surface area contributed by atoms with Crippen molar-refractivity contribution in [1.29, 1.82) is 0 Å². The summed E-state index contributed by atoms with van der Waals surface area (Å²) >= 11 is 0. The van der Waals surface area contributed by atoms with E-state index in [0.717, 1.165) is 39.2 Å². The molecule has 0 aromatic heterocycles. The molecule has 0 aromatic rings. The first-order valence-electron chi connectivity index (χ1n) is 7.28. The molecule has 0 radical (unpaired) electrons. The van der Waals surface area contributed by atoms with E-state index in [4.69, 9.17) is 10.5 Å². The third-order valence-corrected chi connectivity index (χ3v) is 4.20. The molecular weight excluding hydrogens is 242 g/mol. The molecule has 2 N–H and O–H groups in total. The number of piperazine rings is 1. The average molecular weight is 271 g/mol. The van der Waals surface area contributed by atoms with Crippen LogP contribution in [0.3, 0.4) is 0 Å². The highest BCUT2D eigenvalue weighted by atomic mass is 16.5.